The molecule has 0 spiro atoms. The van der Waals surface area contributed by atoms with Gasteiger partial charge in [-0.15, -0.1) is 11.3 Å². The second-order valence-electron chi connectivity index (χ2n) is 5.64. The van der Waals surface area contributed by atoms with Gasteiger partial charge in [-0.05, 0) is 31.4 Å². The smallest absolute Gasteiger partial charge is 0.191 e. The zero-order chi connectivity index (χ0) is 16.7. The Morgan fingerprint density at radius 1 is 1.35 bits per heavy atom. The molecule has 0 aliphatic heterocycles. The molecule has 0 radical (unpaired) electrons. The molecule has 0 atom stereocenters. The Bertz CT molecular complexity index is 648. The lowest BCUT2D eigenvalue weighted by atomic mass is 10.2. The largest absolute Gasteiger partial charge is 0.357 e. The Kier molecular flexibility index (Phi) is 6.52. The Morgan fingerprint density at radius 3 is 2.83 bits per heavy atom. The first kappa shape index (κ1) is 17.4. The molecule has 0 fully saturated rings. The zero-order valence-corrected chi connectivity index (χ0v) is 15.1. The third-order valence-electron chi connectivity index (χ3n) is 3.42. The minimum atomic E-state index is 0.467. The number of pyridine rings is 1. The second kappa shape index (κ2) is 8.62. The standard InChI is InChI=1S/C17H25N5S/c1-5-18-17(20-9-14-13(4)7-6-8-19-14)21-10-16-22-15(11-23-16)12(2)3/h6-8,11-12H,5,9-10H2,1-4H3,(H2,18,20,21). The van der Waals surface area contributed by atoms with E-state index in [1.165, 1.54) is 0 Å². The van der Waals surface area contributed by atoms with E-state index >= 15 is 0 Å². The van der Waals surface area contributed by atoms with Gasteiger partial charge in [-0.1, -0.05) is 19.9 Å². The van der Waals surface area contributed by atoms with Crippen LogP contribution in [0.15, 0.2) is 28.7 Å². The van der Waals surface area contributed by atoms with Crippen LogP contribution in [0.4, 0.5) is 0 Å². The summed E-state index contributed by atoms with van der Waals surface area (Å²) in [6, 6.07) is 4.00. The maximum absolute atomic E-state index is 4.64. The summed E-state index contributed by atoms with van der Waals surface area (Å²) in [5.41, 5.74) is 3.31. The number of nitrogens with zero attached hydrogens (tertiary/aromatic N) is 3. The summed E-state index contributed by atoms with van der Waals surface area (Å²) in [5.74, 6) is 1.26. The highest BCUT2D eigenvalue weighted by Crippen LogP contribution is 2.17. The number of hydrogen-bond donors (Lipinski definition) is 2. The summed E-state index contributed by atoms with van der Waals surface area (Å²) in [5, 5.41) is 9.80. The fraction of sp³-hybridized carbons (Fsp3) is 0.471. The molecule has 0 saturated carbocycles. The van der Waals surface area contributed by atoms with Gasteiger partial charge in [0.05, 0.1) is 24.5 Å². The molecule has 5 nitrogen and oxygen atoms in total. The van der Waals surface area contributed by atoms with Crippen LogP contribution >= 0.6 is 11.3 Å². The van der Waals surface area contributed by atoms with Crippen LogP contribution in [0.2, 0.25) is 0 Å². The average Bonchev–Trinajstić information content (AvgIpc) is 3.00. The number of aryl methyl sites for hydroxylation is 1. The van der Waals surface area contributed by atoms with Crippen LogP contribution in [0.25, 0.3) is 0 Å². The van der Waals surface area contributed by atoms with Gasteiger partial charge in [-0.25, -0.2) is 9.98 Å². The number of aromatic nitrogens is 2. The van der Waals surface area contributed by atoms with E-state index in [1.54, 1.807) is 17.5 Å². The van der Waals surface area contributed by atoms with E-state index in [4.69, 9.17) is 0 Å². The molecule has 0 unspecified atom stereocenters. The van der Waals surface area contributed by atoms with Crippen LogP contribution in [0.5, 0.6) is 0 Å². The topological polar surface area (TPSA) is 62.2 Å². The number of aliphatic imine (C=N–C) groups is 1. The van der Waals surface area contributed by atoms with Crippen molar-refractivity contribution >= 4 is 17.3 Å². The van der Waals surface area contributed by atoms with Crippen molar-refractivity contribution in [3.63, 3.8) is 0 Å². The molecule has 0 amide bonds. The lowest BCUT2D eigenvalue weighted by Gasteiger charge is -2.10. The highest BCUT2D eigenvalue weighted by atomic mass is 32.1. The van der Waals surface area contributed by atoms with Gasteiger partial charge in [0, 0.05) is 18.1 Å². The predicted octanol–water partition coefficient (Wildman–Crippen LogP) is 3.23. The van der Waals surface area contributed by atoms with Crippen LogP contribution in [0, 0.1) is 6.92 Å². The van der Waals surface area contributed by atoms with E-state index in [1.807, 2.05) is 6.07 Å². The zero-order valence-electron chi connectivity index (χ0n) is 14.3. The molecule has 6 heteroatoms. The highest BCUT2D eigenvalue weighted by molar-refractivity contribution is 7.09. The third-order valence-corrected chi connectivity index (χ3v) is 4.28. The molecule has 0 aromatic carbocycles. The van der Waals surface area contributed by atoms with Crippen LogP contribution in [0.3, 0.4) is 0 Å². The lowest BCUT2D eigenvalue weighted by Crippen LogP contribution is -2.36. The molecule has 2 heterocycles. The molecule has 23 heavy (non-hydrogen) atoms. The fourth-order valence-electron chi connectivity index (χ4n) is 2.01. The Balaban J connectivity index is 1.97. The Hall–Kier alpha value is -1.95. The summed E-state index contributed by atoms with van der Waals surface area (Å²) >= 11 is 1.69. The number of thiazole rings is 1. The van der Waals surface area contributed by atoms with Gasteiger partial charge in [0.1, 0.15) is 5.01 Å². The molecule has 2 aromatic heterocycles. The van der Waals surface area contributed by atoms with Crippen molar-refractivity contribution in [2.75, 3.05) is 6.54 Å². The molecule has 0 aliphatic carbocycles. The number of guanidine groups is 1. The van der Waals surface area contributed by atoms with Gasteiger partial charge >= 0.3 is 0 Å². The molecular weight excluding hydrogens is 306 g/mol. The first-order valence-corrected chi connectivity index (χ1v) is 8.85. The fourth-order valence-corrected chi connectivity index (χ4v) is 2.91. The van der Waals surface area contributed by atoms with Gasteiger partial charge in [0.15, 0.2) is 5.96 Å². The summed E-state index contributed by atoms with van der Waals surface area (Å²) in [6.07, 6.45) is 1.81. The van der Waals surface area contributed by atoms with Crippen molar-refractivity contribution in [3.8, 4) is 0 Å². The van der Waals surface area contributed by atoms with Crippen LogP contribution in [0.1, 0.15) is 48.6 Å². The number of hydrogen-bond acceptors (Lipinski definition) is 4. The molecule has 0 saturated heterocycles. The third kappa shape index (κ3) is 5.32. The van der Waals surface area contributed by atoms with E-state index in [2.05, 4.69) is 64.7 Å². The Labute approximate surface area is 142 Å². The van der Waals surface area contributed by atoms with Crippen molar-refractivity contribution in [1.82, 2.24) is 20.6 Å². The molecular formula is C17H25N5S. The summed E-state index contributed by atoms with van der Waals surface area (Å²) in [6.45, 7) is 10.5. The molecule has 2 aromatic rings. The van der Waals surface area contributed by atoms with Crippen LogP contribution in [-0.2, 0) is 13.1 Å². The first-order chi connectivity index (χ1) is 11.1. The first-order valence-electron chi connectivity index (χ1n) is 7.97. The van der Waals surface area contributed by atoms with E-state index in [0.717, 1.165) is 34.5 Å². The van der Waals surface area contributed by atoms with E-state index in [0.29, 0.717) is 19.0 Å². The molecule has 0 bridgehead atoms. The summed E-state index contributed by atoms with van der Waals surface area (Å²) < 4.78 is 0. The highest BCUT2D eigenvalue weighted by Gasteiger charge is 2.06. The quantitative estimate of drug-likeness (QED) is 0.630. The summed E-state index contributed by atoms with van der Waals surface area (Å²) in [4.78, 5) is 13.6. The van der Waals surface area contributed by atoms with Gasteiger partial charge < -0.3 is 10.6 Å². The van der Waals surface area contributed by atoms with Crippen molar-refractivity contribution in [1.29, 1.82) is 0 Å². The lowest BCUT2D eigenvalue weighted by molar-refractivity contribution is 0.786. The van der Waals surface area contributed by atoms with Gasteiger partial charge in [0.2, 0.25) is 0 Å². The Morgan fingerprint density at radius 2 is 2.17 bits per heavy atom. The van der Waals surface area contributed by atoms with E-state index < -0.39 is 0 Å². The van der Waals surface area contributed by atoms with E-state index in [9.17, 15) is 0 Å². The average molecular weight is 331 g/mol. The van der Waals surface area contributed by atoms with Crippen molar-refractivity contribution < 1.29 is 0 Å². The SMILES string of the molecule is CCNC(=NCc1ncccc1C)NCc1nc(C(C)C)cs1. The second-order valence-corrected chi connectivity index (χ2v) is 6.58. The number of rotatable bonds is 6. The van der Waals surface area contributed by atoms with Crippen molar-refractivity contribution in [2.24, 2.45) is 4.99 Å². The molecule has 2 N–H and O–H groups in total. The van der Waals surface area contributed by atoms with Crippen molar-refractivity contribution in [3.05, 3.63) is 45.7 Å². The van der Waals surface area contributed by atoms with E-state index in [-0.39, 0.29) is 0 Å². The van der Waals surface area contributed by atoms with Crippen molar-refractivity contribution in [2.45, 2.75) is 46.7 Å². The molecule has 124 valence electrons. The maximum atomic E-state index is 4.64. The molecule has 2 rings (SSSR count). The van der Waals surface area contributed by atoms with Crippen LogP contribution in [-0.4, -0.2) is 22.5 Å². The minimum absolute atomic E-state index is 0.467. The predicted molar refractivity (Wildman–Crippen MR) is 96.8 cm³/mol. The summed E-state index contributed by atoms with van der Waals surface area (Å²) in [7, 11) is 0. The van der Waals surface area contributed by atoms with Gasteiger partial charge in [-0.3, -0.25) is 4.98 Å². The van der Waals surface area contributed by atoms with Crippen LogP contribution < -0.4 is 10.6 Å². The minimum Gasteiger partial charge on any atom is -0.357 e. The van der Waals surface area contributed by atoms with Gasteiger partial charge in [-0.2, -0.15) is 0 Å². The molecule has 0 aliphatic rings. The maximum Gasteiger partial charge on any atom is 0.191 e. The van der Waals surface area contributed by atoms with Gasteiger partial charge in [0.25, 0.3) is 0 Å². The normalized spacial score (nSPS) is 11.8. The number of nitrogens with one attached hydrogen (secondary N) is 2. The monoisotopic (exact) mass is 331 g/mol.